The van der Waals surface area contributed by atoms with Crippen LogP contribution in [-0.4, -0.2) is 10.9 Å². The normalized spacial score (nSPS) is 11.8. The molecular formula is C18H15F3N2O2S. The Kier molecular flexibility index (Phi) is 4.86. The Balaban J connectivity index is 1.96. The van der Waals surface area contributed by atoms with E-state index in [2.05, 4.69) is 10.3 Å². The summed E-state index contributed by atoms with van der Waals surface area (Å²) in [5.41, 5.74) is -0.989. The van der Waals surface area contributed by atoms with E-state index in [-0.39, 0.29) is 11.8 Å². The first-order chi connectivity index (χ1) is 12.3. The molecular weight excluding hydrogens is 365 g/mol. The summed E-state index contributed by atoms with van der Waals surface area (Å²) in [4.78, 5) is 17.6. The summed E-state index contributed by atoms with van der Waals surface area (Å²) in [5.74, 6) is -0.595. The van der Waals surface area contributed by atoms with Gasteiger partial charge in [-0.3, -0.25) is 10.1 Å². The van der Waals surface area contributed by atoms with Crippen LogP contribution in [0, 0.1) is 0 Å². The van der Waals surface area contributed by atoms with E-state index < -0.39 is 23.2 Å². The molecule has 3 aromatic rings. The minimum Gasteiger partial charge on any atom is -0.419 e. The van der Waals surface area contributed by atoms with Gasteiger partial charge in [-0.2, -0.15) is 13.2 Å². The number of anilines is 1. The van der Waals surface area contributed by atoms with Crippen molar-refractivity contribution in [3.8, 4) is 10.8 Å². The SMILES string of the molecule is CC(C)c1nc(-c2cccs2)oc1NC(=O)c1ccccc1C(F)(F)F. The smallest absolute Gasteiger partial charge is 0.417 e. The second kappa shape index (κ2) is 6.95. The van der Waals surface area contributed by atoms with E-state index in [1.54, 1.807) is 0 Å². The molecule has 3 rings (SSSR count). The highest BCUT2D eigenvalue weighted by Crippen LogP contribution is 2.34. The van der Waals surface area contributed by atoms with Gasteiger partial charge in [0, 0.05) is 5.92 Å². The minimum atomic E-state index is -4.63. The van der Waals surface area contributed by atoms with Gasteiger partial charge in [-0.15, -0.1) is 11.3 Å². The molecule has 2 aromatic heterocycles. The molecule has 0 saturated carbocycles. The van der Waals surface area contributed by atoms with Gasteiger partial charge in [-0.25, -0.2) is 4.98 Å². The summed E-state index contributed by atoms with van der Waals surface area (Å²) in [5, 5.41) is 4.29. The van der Waals surface area contributed by atoms with Crippen LogP contribution >= 0.6 is 11.3 Å². The van der Waals surface area contributed by atoms with Crippen LogP contribution in [0.2, 0.25) is 0 Å². The molecule has 0 aliphatic heterocycles. The summed E-state index contributed by atoms with van der Waals surface area (Å²) in [6.45, 7) is 3.71. The maximum atomic E-state index is 13.1. The Morgan fingerprint density at radius 3 is 2.54 bits per heavy atom. The van der Waals surface area contributed by atoms with Gasteiger partial charge in [0.1, 0.15) is 5.69 Å². The average molecular weight is 380 g/mol. The van der Waals surface area contributed by atoms with Crippen LogP contribution in [0.25, 0.3) is 10.8 Å². The molecule has 0 saturated heterocycles. The number of hydrogen-bond donors (Lipinski definition) is 1. The van der Waals surface area contributed by atoms with Gasteiger partial charge in [-0.1, -0.05) is 32.0 Å². The first-order valence-electron chi connectivity index (χ1n) is 7.79. The van der Waals surface area contributed by atoms with Gasteiger partial charge in [0.2, 0.25) is 11.8 Å². The van der Waals surface area contributed by atoms with Crippen LogP contribution < -0.4 is 5.32 Å². The molecule has 136 valence electrons. The van der Waals surface area contributed by atoms with Crippen LogP contribution in [0.5, 0.6) is 0 Å². The molecule has 1 N–H and O–H groups in total. The van der Waals surface area contributed by atoms with Crippen molar-refractivity contribution in [1.82, 2.24) is 4.98 Å². The largest absolute Gasteiger partial charge is 0.419 e. The maximum Gasteiger partial charge on any atom is 0.417 e. The third kappa shape index (κ3) is 3.65. The number of carbonyl (C=O) groups is 1. The lowest BCUT2D eigenvalue weighted by Crippen LogP contribution is -2.19. The highest BCUT2D eigenvalue weighted by Gasteiger charge is 2.35. The van der Waals surface area contributed by atoms with Crippen molar-refractivity contribution in [3.63, 3.8) is 0 Å². The molecule has 4 nitrogen and oxygen atoms in total. The van der Waals surface area contributed by atoms with Crippen molar-refractivity contribution in [3.05, 3.63) is 58.6 Å². The molecule has 0 aliphatic rings. The fourth-order valence-electron chi connectivity index (χ4n) is 2.42. The van der Waals surface area contributed by atoms with Crippen molar-refractivity contribution >= 4 is 23.1 Å². The van der Waals surface area contributed by atoms with E-state index in [0.717, 1.165) is 17.0 Å². The van der Waals surface area contributed by atoms with Crippen molar-refractivity contribution in [2.75, 3.05) is 5.32 Å². The van der Waals surface area contributed by atoms with E-state index in [1.807, 2.05) is 31.4 Å². The lowest BCUT2D eigenvalue weighted by atomic mass is 10.1. The molecule has 0 fully saturated rings. The predicted molar refractivity (Wildman–Crippen MR) is 93.3 cm³/mol. The fraction of sp³-hybridized carbons (Fsp3) is 0.222. The molecule has 1 aromatic carbocycles. The predicted octanol–water partition coefficient (Wildman–Crippen LogP) is 5.80. The first-order valence-corrected chi connectivity index (χ1v) is 8.67. The third-order valence-electron chi connectivity index (χ3n) is 3.64. The summed E-state index contributed by atoms with van der Waals surface area (Å²) in [7, 11) is 0. The van der Waals surface area contributed by atoms with E-state index in [0.29, 0.717) is 11.6 Å². The van der Waals surface area contributed by atoms with Crippen molar-refractivity contribution in [2.24, 2.45) is 0 Å². The number of amides is 1. The van der Waals surface area contributed by atoms with Gasteiger partial charge >= 0.3 is 6.18 Å². The number of hydrogen-bond acceptors (Lipinski definition) is 4. The van der Waals surface area contributed by atoms with Gasteiger partial charge in [0.05, 0.1) is 16.0 Å². The Hall–Kier alpha value is -2.61. The Bertz CT molecular complexity index is 915. The van der Waals surface area contributed by atoms with Crippen molar-refractivity contribution < 1.29 is 22.4 Å². The summed E-state index contributed by atoms with van der Waals surface area (Å²) >= 11 is 1.41. The van der Waals surface area contributed by atoms with Crippen LogP contribution in [0.3, 0.4) is 0 Å². The quantitative estimate of drug-likeness (QED) is 0.623. The monoisotopic (exact) mass is 380 g/mol. The molecule has 26 heavy (non-hydrogen) atoms. The second-order valence-electron chi connectivity index (χ2n) is 5.86. The number of oxazole rings is 1. The van der Waals surface area contributed by atoms with Crippen LogP contribution in [0.1, 0.15) is 41.4 Å². The molecule has 8 heteroatoms. The third-order valence-corrected chi connectivity index (χ3v) is 4.49. The molecule has 0 spiro atoms. The minimum absolute atomic E-state index is 0.0605. The zero-order valence-corrected chi connectivity index (χ0v) is 14.7. The second-order valence-corrected chi connectivity index (χ2v) is 6.81. The number of thiophene rings is 1. The van der Waals surface area contributed by atoms with Crippen LogP contribution in [0.4, 0.5) is 19.1 Å². The van der Waals surface area contributed by atoms with Crippen LogP contribution in [-0.2, 0) is 6.18 Å². The van der Waals surface area contributed by atoms with E-state index in [4.69, 9.17) is 4.42 Å². The number of aromatic nitrogens is 1. The first kappa shape index (κ1) is 18.2. The number of benzene rings is 1. The molecule has 0 radical (unpaired) electrons. The molecule has 0 unspecified atom stereocenters. The fourth-order valence-corrected chi connectivity index (χ4v) is 3.07. The Morgan fingerprint density at radius 1 is 1.19 bits per heavy atom. The van der Waals surface area contributed by atoms with Gasteiger partial charge in [0.25, 0.3) is 5.91 Å². The number of alkyl halides is 3. The number of nitrogens with zero attached hydrogens (tertiary/aromatic N) is 1. The highest BCUT2D eigenvalue weighted by atomic mass is 32.1. The van der Waals surface area contributed by atoms with Crippen molar-refractivity contribution in [1.29, 1.82) is 0 Å². The number of halogens is 3. The summed E-state index contributed by atoms with van der Waals surface area (Å²) in [6.07, 6.45) is -4.63. The molecule has 1 amide bonds. The van der Waals surface area contributed by atoms with E-state index >= 15 is 0 Å². The van der Waals surface area contributed by atoms with Crippen molar-refractivity contribution in [2.45, 2.75) is 25.9 Å². The standard InChI is InChI=1S/C18H15F3N2O2S/c1-10(2)14-17(25-16(22-14)13-8-5-9-26-13)23-15(24)11-6-3-4-7-12(11)18(19,20)21/h3-10H,1-2H3,(H,23,24). The molecule has 2 heterocycles. The van der Waals surface area contributed by atoms with Gasteiger partial charge in [-0.05, 0) is 23.6 Å². The summed E-state index contributed by atoms with van der Waals surface area (Å²) < 4.78 is 45.0. The lowest BCUT2D eigenvalue weighted by Gasteiger charge is -2.12. The topological polar surface area (TPSA) is 55.1 Å². The molecule has 0 atom stereocenters. The van der Waals surface area contributed by atoms with Gasteiger partial charge < -0.3 is 4.42 Å². The number of carbonyl (C=O) groups excluding carboxylic acids is 1. The zero-order valence-electron chi connectivity index (χ0n) is 13.9. The summed E-state index contributed by atoms with van der Waals surface area (Å²) in [6, 6.07) is 8.26. The Morgan fingerprint density at radius 2 is 1.92 bits per heavy atom. The van der Waals surface area contributed by atoms with Gasteiger partial charge in [0.15, 0.2) is 0 Å². The number of nitrogens with one attached hydrogen (secondary N) is 1. The molecule has 0 bridgehead atoms. The molecule has 0 aliphatic carbocycles. The van der Waals surface area contributed by atoms with Crippen LogP contribution in [0.15, 0.2) is 46.2 Å². The highest BCUT2D eigenvalue weighted by molar-refractivity contribution is 7.13. The van der Waals surface area contributed by atoms with E-state index in [1.165, 1.54) is 23.5 Å². The number of rotatable bonds is 4. The lowest BCUT2D eigenvalue weighted by molar-refractivity contribution is -0.137. The van der Waals surface area contributed by atoms with E-state index in [9.17, 15) is 18.0 Å². The maximum absolute atomic E-state index is 13.1. The zero-order chi connectivity index (χ0) is 18.9. The Labute approximate surface area is 151 Å². The average Bonchev–Trinajstić information content (AvgIpc) is 3.23.